The number of anilines is 1. The van der Waals surface area contributed by atoms with Crippen molar-refractivity contribution in [3.63, 3.8) is 0 Å². The van der Waals surface area contributed by atoms with Gasteiger partial charge in [-0.1, -0.05) is 43.3 Å². The Morgan fingerprint density at radius 2 is 1.71 bits per heavy atom. The molecular weight excluding hydrogens is 376 g/mol. The van der Waals surface area contributed by atoms with Gasteiger partial charge in [0.1, 0.15) is 6.54 Å². The van der Waals surface area contributed by atoms with Crippen LogP contribution in [0, 0.1) is 0 Å². The number of aryl methyl sites for hydroxylation is 1. The first kappa shape index (κ1) is 21.9. The van der Waals surface area contributed by atoms with Crippen molar-refractivity contribution in [2.75, 3.05) is 30.6 Å². The van der Waals surface area contributed by atoms with Crippen molar-refractivity contribution in [3.8, 4) is 0 Å². The van der Waals surface area contributed by atoms with Gasteiger partial charge < -0.3 is 10.1 Å². The van der Waals surface area contributed by atoms with Crippen molar-refractivity contribution < 1.29 is 17.9 Å². The number of sulfonamides is 1. The molecule has 0 spiro atoms. The SMILES string of the molecule is CCOCCCNC(=O)CN(c1ccccc1CC)S(=O)(=O)c1ccccc1. The van der Waals surface area contributed by atoms with E-state index in [4.69, 9.17) is 4.74 Å². The van der Waals surface area contributed by atoms with E-state index < -0.39 is 10.0 Å². The maximum Gasteiger partial charge on any atom is 0.264 e. The molecular formula is C21H28N2O4S. The van der Waals surface area contributed by atoms with Gasteiger partial charge in [0.25, 0.3) is 10.0 Å². The molecule has 0 atom stereocenters. The molecule has 0 radical (unpaired) electrons. The third-order valence-corrected chi connectivity index (χ3v) is 6.03. The minimum absolute atomic E-state index is 0.157. The van der Waals surface area contributed by atoms with E-state index in [1.54, 1.807) is 30.3 Å². The Labute approximate surface area is 167 Å². The first-order chi connectivity index (χ1) is 13.5. The van der Waals surface area contributed by atoms with Crippen LogP contribution in [0.5, 0.6) is 0 Å². The number of benzene rings is 2. The van der Waals surface area contributed by atoms with Crippen molar-refractivity contribution in [1.82, 2.24) is 5.32 Å². The molecule has 28 heavy (non-hydrogen) atoms. The average molecular weight is 405 g/mol. The highest BCUT2D eigenvalue weighted by Crippen LogP contribution is 2.27. The van der Waals surface area contributed by atoms with Crippen molar-refractivity contribution in [2.24, 2.45) is 0 Å². The summed E-state index contributed by atoms with van der Waals surface area (Å²) in [6.45, 7) is 5.22. The van der Waals surface area contributed by atoms with Gasteiger partial charge in [-0.3, -0.25) is 9.10 Å². The number of hydrogen-bond acceptors (Lipinski definition) is 4. The normalized spacial score (nSPS) is 11.2. The molecule has 0 saturated carbocycles. The Morgan fingerprint density at radius 3 is 2.39 bits per heavy atom. The lowest BCUT2D eigenvalue weighted by Gasteiger charge is -2.26. The van der Waals surface area contributed by atoms with Gasteiger partial charge in [-0.05, 0) is 43.5 Å². The van der Waals surface area contributed by atoms with Crippen LogP contribution in [-0.2, 0) is 26.0 Å². The van der Waals surface area contributed by atoms with Crippen LogP contribution in [0.3, 0.4) is 0 Å². The van der Waals surface area contributed by atoms with E-state index in [9.17, 15) is 13.2 Å². The molecule has 0 aliphatic carbocycles. The first-order valence-corrected chi connectivity index (χ1v) is 10.9. The number of nitrogens with one attached hydrogen (secondary N) is 1. The lowest BCUT2D eigenvalue weighted by atomic mass is 10.1. The van der Waals surface area contributed by atoms with Gasteiger partial charge in [-0.15, -0.1) is 0 Å². The monoisotopic (exact) mass is 404 g/mol. The third-order valence-electron chi connectivity index (χ3n) is 4.25. The summed E-state index contributed by atoms with van der Waals surface area (Å²) in [5, 5.41) is 2.78. The van der Waals surface area contributed by atoms with E-state index >= 15 is 0 Å². The zero-order valence-corrected chi connectivity index (χ0v) is 17.2. The number of ether oxygens (including phenoxy) is 1. The molecule has 0 aliphatic rings. The summed E-state index contributed by atoms with van der Waals surface area (Å²) in [5.74, 6) is -0.345. The zero-order valence-electron chi connectivity index (χ0n) is 16.4. The summed E-state index contributed by atoms with van der Waals surface area (Å²) in [5.41, 5.74) is 1.39. The van der Waals surface area contributed by atoms with E-state index in [1.165, 1.54) is 16.4 Å². The smallest absolute Gasteiger partial charge is 0.264 e. The van der Waals surface area contributed by atoms with E-state index in [2.05, 4.69) is 5.32 Å². The lowest BCUT2D eigenvalue weighted by molar-refractivity contribution is -0.119. The van der Waals surface area contributed by atoms with Gasteiger partial charge in [0.15, 0.2) is 0 Å². The fourth-order valence-electron chi connectivity index (χ4n) is 2.81. The number of carbonyl (C=O) groups excluding carboxylic acids is 1. The van der Waals surface area contributed by atoms with Crippen molar-refractivity contribution >= 4 is 21.6 Å². The molecule has 2 aromatic carbocycles. The number of rotatable bonds is 11. The Hall–Kier alpha value is -2.38. The Morgan fingerprint density at radius 1 is 1.04 bits per heavy atom. The maximum absolute atomic E-state index is 13.3. The average Bonchev–Trinajstić information content (AvgIpc) is 2.72. The molecule has 0 bridgehead atoms. The fraction of sp³-hybridized carbons (Fsp3) is 0.381. The van der Waals surface area contributed by atoms with Gasteiger partial charge >= 0.3 is 0 Å². The van der Waals surface area contributed by atoms with Crippen LogP contribution in [-0.4, -0.2) is 40.6 Å². The van der Waals surface area contributed by atoms with Crippen LogP contribution in [0.15, 0.2) is 59.5 Å². The van der Waals surface area contributed by atoms with Crippen LogP contribution >= 0.6 is 0 Å². The molecule has 6 nitrogen and oxygen atoms in total. The van der Waals surface area contributed by atoms with Gasteiger partial charge in [0, 0.05) is 19.8 Å². The summed E-state index contributed by atoms with van der Waals surface area (Å²) in [6.07, 6.45) is 1.34. The molecule has 1 N–H and O–H groups in total. The molecule has 0 aromatic heterocycles. The predicted octanol–water partition coefficient (Wildman–Crippen LogP) is 2.99. The highest BCUT2D eigenvalue weighted by atomic mass is 32.2. The Bertz CT molecular complexity index is 854. The summed E-state index contributed by atoms with van der Waals surface area (Å²) >= 11 is 0. The van der Waals surface area contributed by atoms with E-state index in [1.807, 2.05) is 26.0 Å². The second kappa shape index (κ2) is 10.8. The Balaban J connectivity index is 2.26. The molecule has 2 rings (SSSR count). The number of hydrogen-bond donors (Lipinski definition) is 1. The fourth-order valence-corrected chi connectivity index (χ4v) is 4.28. The lowest BCUT2D eigenvalue weighted by Crippen LogP contribution is -2.41. The number of nitrogens with zero attached hydrogens (tertiary/aromatic N) is 1. The highest BCUT2D eigenvalue weighted by Gasteiger charge is 2.28. The zero-order chi connectivity index (χ0) is 20.4. The van der Waals surface area contributed by atoms with Gasteiger partial charge in [-0.25, -0.2) is 8.42 Å². The van der Waals surface area contributed by atoms with Gasteiger partial charge in [-0.2, -0.15) is 0 Å². The minimum Gasteiger partial charge on any atom is -0.382 e. The van der Waals surface area contributed by atoms with Crippen LogP contribution in [0.25, 0.3) is 0 Å². The second-order valence-corrected chi connectivity index (χ2v) is 8.07. The Kier molecular flexibility index (Phi) is 8.47. The van der Waals surface area contributed by atoms with E-state index in [0.717, 1.165) is 5.56 Å². The second-order valence-electron chi connectivity index (χ2n) is 6.21. The summed E-state index contributed by atoms with van der Waals surface area (Å²) in [7, 11) is -3.87. The quantitative estimate of drug-likeness (QED) is 0.584. The van der Waals surface area contributed by atoms with Crippen LogP contribution in [0.1, 0.15) is 25.8 Å². The van der Waals surface area contributed by atoms with Crippen LogP contribution < -0.4 is 9.62 Å². The summed E-state index contributed by atoms with van der Waals surface area (Å²) < 4.78 is 33.0. The number of amides is 1. The molecule has 1 amide bonds. The van der Waals surface area contributed by atoms with Crippen LogP contribution in [0.4, 0.5) is 5.69 Å². The minimum atomic E-state index is -3.87. The van der Waals surface area contributed by atoms with Crippen molar-refractivity contribution in [2.45, 2.75) is 31.6 Å². The van der Waals surface area contributed by atoms with E-state index in [-0.39, 0.29) is 17.3 Å². The molecule has 0 heterocycles. The molecule has 152 valence electrons. The van der Waals surface area contributed by atoms with Crippen LogP contribution in [0.2, 0.25) is 0 Å². The molecule has 2 aromatic rings. The topological polar surface area (TPSA) is 75.7 Å². The number of carbonyl (C=O) groups is 1. The molecule has 7 heteroatoms. The van der Waals surface area contributed by atoms with E-state index in [0.29, 0.717) is 38.3 Å². The summed E-state index contributed by atoms with van der Waals surface area (Å²) in [4.78, 5) is 12.6. The molecule has 0 fully saturated rings. The largest absolute Gasteiger partial charge is 0.382 e. The number of para-hydroxylation sites is 1. The predicted molar refractivity (Wildman–Crippen MR) is 111 cm³/mol. The van der Waals surface area contributed by atoms with Crippen molar-refractivity contribution in [1.29, 1.82) is 0 Å². The molecule has 0 aliphatic heterocycles. The standard InChI is InChI=1S/C21H28N2O4S/c1-3-18-11-8-9-14-20(18)23(17-21(24)22-15-10-16-27-4-2)28(25,26)19-12-6-5-7-13-19/h5-9,11-14H,3-4,10,15-17H2,1-2H3,(H,22,24). The molecule has 0 saturated heterocycles. The van der Waals surface area contributed by atoms with Gasteiger partial charge in [0.05, 0.1) is 10.6 Å². The summed E-state index contributed by atoms with van der Waals surface area (Å²) in [6, 6.07) is 15.4. The highest BCUT2D eigenvalue weighted by molar-refractivity contribution is 7.92. The van der Waals surface area contributed by atoms with Crippen molar-refractivity contribution in [3.05, 3.63) is 60.2 Å². The first-order valence-electron chi connectivity index (χ1n) is 9.50. The molecule has 0 unspecified atom stereocenters. The maximum atomic E-state index is 13.3. The van der Waals surface area contributed by atoms with Gasteiger partial charge in [0.2, 0.25) is 5.91 Å². The third kappa shape index (κ3) is 5.81.